The first kappa shape index (κ1) is 22.8. The van der Waals surface area contributed by atoms with Gasteiger partial charge in [0.1, 0.15) is 17.4 Å². The molecule has 2 aromatic rings. The molecule has 3 rings (SSSR count). The third-order valence-electron chi connectivity index (χ3n) is 5.05. The fourth-order valence-corrected chi connectivity index (χ4v) is 3.86. The summed E-state index contributed by atoms with van der Waals surface area (Å²) in [6.45, 7) is 3.83. The van der Waals surface area contributed by atoms with E-state index in [1.807, 2.05) is 6.07 Å². The molecule has 1 saturated heterocycles. The van der Waals surface area contributed by atoms with E-state index in [4.69, 9.17) is 23.2 Å². The van der Waals surface area contributed by atoms with E-state index in [0.717, 1.165) is 5.56 Å². The van der Waals surface area contributed by atoms with Crippen LogP contribution in [-0.2, 0) is 11.3 Å². The second-order valence-corrected chi connectivity index (χ2v) is 7.90. The minimum Gasteiger partial charge on any atom is -0.338 e. The van der Waals surface area contributed by atoms with Crippen molar-refractivity contribution in [3.8, 4) is 0 Å². The van der Waals surface area contributed by atoms with Crippen molar-refractivity contribution >= 4 is 29.1 Å². The van der Waals surface area contributed by atoms with E-state index in [-0.39, 0.29) is 0 Å². The van der Waals surface area contributed by atoms with Crippen molar-refractivity contribution in [2.75, 3.05) is 26.2 Å². The third-order valence-corrected chi connectivity index (χ3v) is 5.63. The Labute approximate surface area is 181 Å². The van der Waals surface area contributed by atoms with Crippen LogP contribution in [0.3, 0.4) is 0 Å². The first-order chi connectivity index (χ1) is 14.2. The molecule has 1 fully saturated rings. The van der Waals surface area contributed by atoms with E-state index in [0.29, 0.717) is 53.5 Å². The fraction of sp³-hybridized carbons (Fsp3) is 0.474. The van der Waals surface area contributed by atoms with Gasteiger partial charge in [-0.1, -0.05) is 29.3 Å². The lowest BCUT2D eigenvalue weighted by atomic mass is 10.2. The Hall–Kier alpha value is -1.84. The number of hydrogen-bond donors (Lipinski definition) is 0. The van der Waals surface area contributed by atoms with Gasteiger partial charge < -0.3 is 4.90 Å². The van der Waals surface area contributed by atoms with E-state index < -0.39 is 36.2 Å². The maximum atomic E-state index is 13.2. The van der Waals surface area contributed by atoms with Gasteiger partial charge in [0.25, 0.3) is 12.9 Å². The first-order valence-electron chi connectivity index (χ1n) is 9.28. The molecule has 1 atom stereocenters. The van der Waals surface area contributed by atoms with Crippen molar-refractivity contribution in [2.45, 2.75) is 32.4 Å². The molecule has 1 aromatic heterocycles. The van der Waals surface area contributed by atoms with Crippen LogP contribution in [0, 0.1) is 0 Å². The van der Waals surface area contributed by atoms with E-state index in [1.54, 1.807) is 12.1 Å². The maximum Gasteiger partial charge on any atom is 0.282 e. The molecule has 2 heterocycles. The summed E-state index contributed by atoms with van der Waals surface area (Å²) < 4.78 is 52.9. The van der Waals surface area contributed by atoms with Crippen molar-refractivity contribution in [2.24, 2.45) is 0 Å². The van der Waals surface area contributed by atoms with Crippen LogP contribution in [0.5, 0.6) is 0 Å². The summed E-state index contributed by atoms with van der Waals surface area (Å²) in [4.78, 5) is 16.4. The highest BCUT2D eigenvalue weighted by molar-refractivity contribution is 6.35. The number of piperazine rings is 1. The molecule has 0 saturated carbocycles. The van der Waals surface area contributed by atoms with Crippen molar-refractivity contribution in [3.63, 3.8) is 0 Å². The van der Waals surface area contributed by atoms with Crippen molar-refractivity contribution in [1.29, 1.82) is 0 Å². The number of rotatable bonds is 6. The van der Waals surface area contributed by atoms with Crippen molar-refractivity contribution in [3.05, 3.63) is 51.3 Å². The van der Waals surface area contributed by atoms with E-state index in [2.05, 4.69) is 10.00 Å². The summed E-state index contributed by atoms with van der Waals surface area (Å²) in [6.07, 6.45) is -6.00. The van der Waals surface area contributed by atoms with Crippen LogP contribution in [0.15, 0.2) is 24.3 Å². The number of halogens is 6. The highest BCUT2D eigenvalue weighted by atomic mass is 35.5. The van der Waals surface area contributed by atoms with Gasteiger partial charge in [-0.15, -0.1) is 0 Å². The molecule has 1 amide bonds. The summed E-state index contributed by atoms with van der Waals surface area (Å²) in [6, 6.07) is 4.79. The largest absolute Gasteiger partial charge is 0.338 e. The number of carbonyl (C=O) groups excluding carboxylic acids is 1. The Bertz CT molecular complexity index is 901. The summed E-state index contributed by atoms with van der Waals surface area (Å²) in [5.74, 6) is -0.440. The Balaban J connectivity index is 1.63. The van der Waals surface area contributed by atoms with E-state index in [9.17, 15) is 22.4 Å². The molecule has 5 nitrogen and oxygen atoms in total. The summed E-state index contributed by atoms with van der Waals surface area (Å²) in [7, 11) is 0. The Morgan fingerprint density at radius 3 is 2.30 bits per heavy atom. The highest BCUT2D eigenvalue weighted by Crippen LogP contribution is 2.28. The number of amides is 1. The maximum absolute atomic E-state index is 13.2. The Kier molecular flexibility index (Phi) is 7.26. The van der Waals surface area contributed by atoms with Crippen molar-refractivity contribution in [1.82, 2.24) is 19.6 Å². The van der Waals surface area contributed by atoms with Crippen LogP contribution in [0.4, 0.5) is 17.6 Å². The zero-order valence-electron chi connectivity index (χ0n) is 16.0. The molecule has 164 valence electrons. The molecule has 1 aliphatic rings. The second kappa shape index (κ2) is 9.53. The molecular weight excluding hydrogens is 447 g/mol. The molecule has 0 spiro atoms. The topological polar surface area (TPSA) is 41.4 Å². The predicted octanol–water partition coefficient (Wildman–Crippen LogP) is 4.97. The molecule has 11 heteroatoms. The third kappa shape index (κ3) is 5.07. The molecular formula is C19H20Cl2F4N4O. The monoisotopic (exact) mass is 466 g/mol. The fourth-order valence-electron chi connectivity index (χ4n) is 3.39. The Morgan fingerprint density at radius 2 is 1.73 bits per heavy atom. The predicted molar refractivity (Wildman–Crippen MR) is 105 cm³/mol. The Morgan fingerprint density at radius 1 is 1.07 bits per heavy atom. The van der Waals surface area contributed by atoms with Gasteiger partial charge in [-0.2, -0.15) is 5.10 Å². The second-order valence-electron chi connectivity index (χ2n) is 7.05. The lowest BCUT2D eigenvalue weighted by molar-refractivity contribution is -0.136. The number of benzene rings is 1. The highest BCUT2D eigenvalue weighted by Gasteiger charge is 2.31. The van der Waals surface area contributed by atoms with Crippen LogP contribution < -0.4 is 0 Å². The first-order valence-corrected chi connectivity index (χ1v) is 10.0. The number of alkyl halides is 4. The molecule has 1 aliphatic heterocycles. The molecule has 0 aliphatic carbocycles. The van der Waals surface area contributed by atoms with Gasteiger partial charge in [-0.25, -0.2) is 17.6 Å². The standard InChI is InChI=1S/C19H20Cl2F4N4O/c1-11(29-16(18(24)25)9-15(26-29)17(22)23)19(30)28-6-4-27(5-7-28)10-12-2-3-13(20)8-14(12)21/h2-3,8-9,11,17-18H,4-7,10H2,1H3. The van der Waals surface area contributed by atoms with Crippen molar-refractivity contribution < 1.29 is 22.4 Å². The van der Waals surface area contributed by atoms with Gasteiger partial charge in [0, 0.05) is 42.8 Å². The van der Waals surface area contributed by atoms with Gasteiger partial charge >= 0.3 is 0 Å². The van der Waals surface area contributed by atoms with Gasteiger partial charge in [0.2, 0.25) is 5.91 Å². The number of carbonyl (C=O) groups is 1. The SMILES string of the molecule is CC(C(=O)N1CCN(Cc2ccc(Cl)cc2Cl)CC1)n1nc(C(F)F)cc1C(F)F. The molecule has 0 N–H and O–H groups in total. The minimum absolute atomic E-state index is 0.376. The van der Waals surface area contributed by atoms with E-state index in [1.165, 1.54) is 11.8 Å². The molecule has 0 bridgehead atoms. The zero-order chi connectivity index (χ0) is 22.0. The lowest BCUT2D eigenvalue weighted by Gasteiger charge is -2.36. The molecule has 1 unspecified atom stereocenters. The van der Waals surface area contributed by atoms with Gasteiger partial charge in [0.05, 0.1) is 0 Å². The van der Waals surface area contributed by atoms with Gasteiger partial charge in [-0.05, 0) is 30.7 Å². The van der Waals surface area contributed by atoms with Crippen LogP contribution >= 0.6 is 23.2 Å². The van der Waals surface area contributed by atoms with Crippen LogP contribution in [-0.4, -0.2) is 51.7 Å². The van der Waals surface area contributed by atoms with Crippen LogP contribution in [0.2, 0.25) is 10.0 Å². The quantitative estimate of drug-likeness (QED) is 0.564. The number of hydrogen-bond acceptors (Lipinski definition) is 3. The summed E-state index contributed by atoms with van der Waals surface area (Å²) >= 11 is 12.1. The average molecular weight is 467 g/mol. The van der Waals surface area contributed by atoms with Crippen LogP contribution in [0.1, 0.15) is 42.8 Å². The zero-order valence-corrected chi connectivity index (χ0v) is 17.6. The molecule has 0 radical (unpaired) electrons. The van der Waals surface area contributed by atoms with Gasteiger partial charge in [-0.3, -0.25) is 14.4 Å². The van der Waals surface area contributed by atoms with Crippen LogP contribution in [0.25, 0.3) is 0 Å². The van der Waals surface area contributed by atoms with E-state index >= 15 is 0 Å². The normalized spacial score (nSPS) is 16.5. The van der Waals surface area contributed by atoms with Gasteiger partial charge in [0.15, 0.2) is 0 Å². The average Bonchev–Trinajstić information content (AvgIpc) is 3.16. The minimum atomic E-state index is -3.01. The summed E-state index contributed by atoms with van der Waals surface area (Å²) in [5, 5.41) is 4.64. The molecule has 30 heavy (non-hydrogen) atoms. The number of aromatic nitrogens is 2. The smallest absolute Gasteiger partial charge is 0.282 e. The lowest BCUT2D eigenvalue weighted by Crippen LogP contribution is -2.50. The number of nitrogens with zero attached hydrogens (tertiary/aromatic N) is 4. The molecule has 1 aromatic carbocycles. The summed E-state index contributed by atoms with van der Waals surface area (Å²) in [5.41, 5.74) is -0.552.